The highest BCUT2D eigenvalue weighted by atomic mass is 35.5. The van der Waals surface area contributed by atoms with Crippen LogP contribution in [0, 0.1) is 5.92 Å². The molecular weight excluding hydrogens is 408 g/mol. The first kappa shape index (κ1) is 21.6. The van der Waals surface area contributed by atoms with Gasteiger partial charge in [-0.2, -0.15) is 0 Å². The molecule has 1 aliphatic heterocycles. The van der Waals surface area contributed by atoms with Crippen LogP contribution in [0.2, 0.25) is 5.02 Å². The summed E-state index contributed by atoms with van der Waals surface area (Å²) in [5, 5.41) is 3.28. The quantitative estimate of drug-likeness (QED) is 0.682. The summed E-state index contributed by atoms with van der Waals surface area (Å²) >= 11 is 5.95. The number of para-hydroxylation sites is 2. The van der Waals surface area contributed by atoms with Crippen molar-refractivity contribution in [1.29, 1.82) is 0 Å². The van der Waals surface area contributed by atoms with Gasteiger partial charge in [0.15, 0.2) is 13.2 Å². The molecule has 0 radical (unpaired) electrons. The van der Waals surface area contributed by atoms with E-state index in [-0.39, 0.29) is 30.9 Å². The van der Waals surface area contributed by atoms with Crippen LogP contribution in [0.3, 0.4) is 0 Å². The average molecular weight is 431 g/mol. The number of nitrogens with one attached hydrogen (secondary N) is 1. The van der Waals surface area contributed by atoms with Gasteiger partial charge < -0.3 is 19.7 Å². The van der Waals surface area contributed by atoms with Crippen molar-refractivity contribution in [2.45, 2.75) is 12.8 Å². The van der Waals surface area contributed by atoms with Gasteiger partial charge >= 0.3 is 5.97 Å². The van der Waals surface area contributed by atoms with Gasteiger partial charge in [0.05, 0.1) is 5.02 Å². The predicted octanol–water partition coefficient (Wildman–Crippen LogP) is 3.14. The Morgan fingerprint density at radius 1 is 0.967 bits per heavy atom. The summed E-state index contributed by atoms with van der Waals surface area (Å²) in [5.41, 5.74) is 0.756. The molecule has 0 saturated carbocycles. The molecule has 1 fully saturated rings. The number of amides is 2. The van der Waals surface area contributed by atoms with Gasteiger partial charge in [-0.15, -0.1) is 0 Å². The van der Waals surface area contributed by atoms with Crippen molar-refractivity contribution in [3.8, 4) is 5.75 Å². The van der Waals surface area contributed by atoms with Gasteiger partial charge in [-0.3, -0.25) is 9.59 Å². The molecule has 0 unspecified atom stereocenters. The number of likely N-dealkylation sites (tertiary alicyclic amines) is 1. The summed E-state index contributed by atoms with van der Waals surface area (Å²) < 4.78 is 10.3. The third kappa shape index (κ3) is 6.22. The first-order valence-corrected chi connectivity index (χ1v) is 10.1. The Balaban J connectivity index is 1.36. The van der Waals surface area contributed by atoms with Crippen LogP contribution in [0.4, 0.5) is 5.69 Å². The van der Waals surface area contributed by atoms with Crippen LogP contribution < -0.4 is 10.1 Å². The van der Waals surface area contributed by atoms with Crippen LogP contribution in [0.25, 0.3) is 0 Å². The Hall–Kier alpha value is -3.06. The average Bonchev–Trinajstić information content (AvgIpc) is 2.77. The molecule has 0 aliphatic carbocycles. The fourth-order valence-corrected chi connectivity index (χ4v) is 3.32. The number of carbonyl (C=O) groups excluding carboxylic acids is 3. The van der Waals surface area contributed by atoms with Crippen molar-refractivity contribution in [3.63, 3.8) is 0 Å². The molecule has 8 heteroatoms. The fourth-order valence-electron chi connectivity index (χ4n) is 3.13. The lowest BCUT2D eigenvalue weighted by atomic mass is 9.95. The number of carbonyl (C=O) groups is 3. The molecule has 0 aromatic heterocycles. The number of hydrogen-bond donors (Lipinski definition) is 1. The lowest BCUT2D eigenvalue weighted by Crippen LogP contribution is -2.43. The van der Waals surface area contributed by atoms with Crippen molar-refractivity contribution in [2.75, 3.05) is 31.6 Å². The molecule has 1 N–H and O–H groups in total. The van der Waals surface area contributed by atoms with E-state index in [4.69, 9.17) is 21.1 Å². The third-order valence-corrected chi connectivity index (χ3v) is 5.11. The van der Waals surface area contributed by atoms with Crippen LogP contribution >= 0.6 is 11.6 Å². The van der Waals surface area contributed by atoms with Gasteiger partial charge in [0, 0.05) is 24.7 Å². The third-order valence-electron chi connectivity index (χ3n) is 4.80. The minimum absolute atomic E-state index is 0.0450. The first-order chi connectivity index (χ1) is 14.5. The minimum Gasteiger partial charge on any atom is -0.480 e. The molecule has 1 saturated heterocycles. The van der Waals surface area contributed by atoms with Gasteiger partial charge in [-0.25, -0.2) is 4.79 Å². The molecule has 30 heavy (non-hydrogen) atoms. The molecule has 7 nitrogen and oxygen atoms in total. The van der Waals surface area contributed by atoms with Gasteiger partial charge in [-0.05, 0) is 37.1 Å². The number of rotatable bonds is 7. The molecule has 2 aromatic rings. The number of halogens is 1. The summed E-state index contributed by atoms with van der Waals surface area (Å²) in [6, 6.07) is 16.0. The lowest BCUT2D eigenvalue weighted by molar-refractivity contribution is -0.154. The lowest BCUT2D eigenvalue weighted by Gasteiger charge is -2.31. The van der Waals surface area contributed by atoms with E-state index >= 15 is 0 Å². The Labute approximate surface area is 179 Å². The van der Waals surface area contributed by atoms with Crippen LogP contribution in [-0.2, 0) is 19.1 Å². The molecule has 2 amide bonds. The van der Waals surface area contributed by atoms with Crippen molar-refractivity contribution >= 4 is 35.1 Å². The zero-order valence-corrected chi connectivity index (χ0v) is 17.1. The number of anilines is 1. The topological polar surface area (TPSA) is 84.9 Å². The second-order valence-corrected chi connectivity index (χ2v) is 7.30. The molecule has 0 bridgehead atoms. The second-order valence-electron chi connectivity index (χ2n) is 6.89. The van der Waals surface area contributed by atoms with E-state index in [1.807, 2.05) is 30.3 Å². The number of benzene rings is 2. The minimum atomic E-state index is -0.652. The van der Waals surface area contributed by atoms with E-state index < -0.39 is 5.97 Å². The zero-order chi connectivity index (χ0) is 21.3. The van der Waals surface area contributed by atoms with Crippen molar-refractivity contribution in [2.24, 2.45) is 5.92 Å². The Morgan fingerprint density at radius 2 is 1.63 bits per heavy atom. The zero-order valence-electron chi connectivity index (χ0n) is 16.4. The van der Waals surface area contributed by atoms with Gasteiger partial charge in [0.25, 0.3) is 5.91 Å². The predicted molar refractivity (Wildman–Crippen MR) is 112 cm³/mol. The summed E-state index contributed by atoms with van der Waals surface area (Å²) in [7, 11) is 0. The molecule has 0 atom stereocenters. The van der Waals surface area contributed by atoms with E-state index in [0.29, 0.717) is 36.7 Å². The van der Waals surface area contributed by atoms with E-state index in [1.165, 1.54) is 0 Å². The summed E-state index contributed by atoms with van der Waals surface area (Å²) in [6.45, 7) is 0.198. The standard InChI is InChI=1S/C22H23ClN2O5/c23-18-8-4-5-9-19(18)29-15-21(27)30-14-20(26)25-12-10-16(11-13-25)22(28)24-17-6-2-1-3-7-17/h1-9,16H,10-15H2,(H,24,28). The van der Waals surface area contributed by atoms with Crippen molar-refractivity contribution in [3.05, 3.63) is 59.6 Å². The monoisotopic (exact) mass is 430 g/mol. The molecule has 3 rings (SSSR count). The smallest absolute Gasteiger partial charge is 0.344 e. The summed E-state index contributed by atoms with van der Waals surface area (Å²) in [6.07, 6.45) is 1.13. The SMILES string of the molecule is O=C(COc1ccccc1Cl)OCC(=O)N1CCC(C(=O)Nc2ccccc2)CC1. The molecule has 1 heterocycles. The van der Waals surface area contributed by atoms with E-state index in [2.05, 4.69) is 5.32 Å². The van der Waals surface area contributed by atoms with E-state index in [9.17, 15) is 14.4 Å². The molecule has 2 aromatic carbocycles. The van der Waals surface area contributed by atoms with Crippen LogP contribution in [0.1, 0.15) is 12.8 Å². The number of esters is 1. The number of nitrogens with zero attached hydrogens (tertiary/aromatic N) is 1. The molecule has 0 spiro atoms. The molecule has 1 aliphatic rings. The largest absolute Gasteiger partial charge is 0.480 e. The van der Waals surface area contributed by atoms with Gasteiger partial charge in [0.1, 0.15) is 5.75 Å². The molecular formula is C22H23ClN2O5. The Bertz CT molecular complexity index is 882. The van der Waals surface area contributed by atoms with Crippen LogP contribution in [0.5, 0.6) is 5.75 Å². The maximum absolute atomic E-state index is 12.4. The maximum atomic E-state index is 12.4. The van der Waals surface area contributed by atoms with Gasteiger partial charge in [-0.1, -0.05) is 41.9 Å². The van der Waals surface area contributed by atoms with Crippen molar-refractivity contribution < 1.29 is 23.9 Å². The summed E-state index contributed by atoms with van der Waals surface area (Å²) in [5.74, 6) is -0.765. The fraction of sp³-hybridized carbons (Fsp3) is 0.318. The van der Waals surface area contributed by atoms with Crippen LogP contribution in [0.15, 0.2) is 54.6 Å². The highest BCUT2D eigenvalue weighted by molar-refractivity contribution is 6.32. The van der Waals surface area contributed by atoms with Crippen LogP contribution in [-0.4, -0.2) is 49.0 Å². The van der Waals surface area contributed by atoms with Gasteiger partial charge in [0.2, 0.25) is 5.91 Å². The Morgan fingerprint density at radius 3 is 2.33 bits per heavy atom. The van der Waals surface area contributed by atoms with Crippen molar-refractivity contribution in [1.82, 2.24) is 4.90 Å². The van der Waals surface area contributed by atoms with E-state index in [1.54, 1.807) is 29.2 Å². The van der Waals surface area contributed by atoms with E-state index in [0.717, 1.165) is 5.69 Å². The second kappa shape index (κ2) is 10.6. The molecule has 158 valence electrons. The first-order valence-electron chi connectivity index (χ1n) is 9.69. The number of hydrogen-bond acceptors (Lipinski definition) is 5. The highest BCUT2D eigenvalue weighted by Crippen LogP contribution is 2.23. The number of ether oxygens (including phenoxy) is 2. The highest BCUT2D eigenvalue weighted by Gasteiger charge is 2.27. The normalized spacial score (nSPS) is 14.1. The Kier molecular flexibility index (Phi) is 7.68. The number of piperidine rings is 1. The maximum Gasteiger partial charge on any atom is 0.344 e. The summed E-state index contributed by atoms with van der Waals surface area (Å²) in [4.78, 5) is 38.1.